The standard InChI is InChI=1S/C16H16F2N2O/c17-7-16(8-18)5-13(21)14(16)15-11-4-2-1-3-10(11)12-6-19-9-20(12)15/h1-4,6,9,13-15,21H,5,7-8H2/t13?,14?,15-/m0/s1. The molecule has 1 aromatic heterocycles. The molecule has 2 heterocycles. The van der Waals surface area contributed by atoms with Crippen molar-refractivity contribution in [2.75, 3.05) is 13.3 Å². The van der Waals surface area contributed by atoms with Crippen LogP contribution in [0.4, 0.5) is 8.78 Å². The fraction of sp³-hybridized carbons (Fsp3) is 0.438. The van der Waals surface area contributed by atoms with Gasteiger partial charge in [-0.1, -0.05) is 24.3 Å². The van der Waals surface area contributed by atoms with Crippen molar-refractivity contribution in [1.82, 2.24) is 9.55 Å². The number of rotatable bonds is 3. The van der Waals surface area contributed by atoms with Gasteiger partial charge >= 0.3 is 0 Å². The Balaban J connectivity index is 1.86. The summed E-state index contributed by atoms with van der Waals surface area (Å²) in [4.78, 5) is 4.15. The van der Waals surface area contributed by atoms with Crippen molar-refractivity contribution in [2.45, 2.75) is 18.6 Å². The molecule has 2 aromatic rings. The van der Waals surface area contributed by atoms with Crippen LogP contribution in [0.5, 0.6) is 0 Å². The van der Waals surface area contributed by atoms with Crippen molar-refractivity contribution < 1.29 is 13.9 Å². The highest BCUT2D eigenvalue weighted by atomic mass is 19.1. The molecule has 1 fully saturated rings. The van der Waals surface area contributed by atoms with Crippen LogP contribution in [0.1, 0.15) is 18.0 Å². The first kappa shape index (κ1) is 13.0. The summed E-state index contributed by atoms with van der Waals surface area (Å²) < 4.78 is 28.9. The summed E-state index contributed by atoms with van der Waals surface area (Å²) in [7, 11) is 0. The highest BCUT2D eigenvalue weighted by molar-refractivity contribution is 5.69. The number of aromatic nitrogens is 2. The topological polar surface area (TPSA) is 38.1 Å². The zero-order valence-electron chi connectivity index (χ0n) is 11.4. The molecule has 0 amide bonds. The van der Waals surface area contributed by atoms with Crippen molar-refractivity contribution in [3.63, 3.8) is 0 Å². The molecule has 1 aliphatic heterocycles. The Morgan fingerprint density at radius 1 is 1.29 bits per heavy atom. The van der Waals surface area contributed by atoms with E-state index in [1.54, 1.807) is 12.5 Å². The highest BCUT2D eigenvalue weighted by Crippen LogP contribution is 2.57. The van der Waals surface area contributed by atoms with Crippen LogP contribution in [0.25, 0.3) is 11.3 Å². The minimum absolute atomic E-state index is 0.188. The molecule has 0 saturated heterocycles. The summed E-state index contributed by atoms with van der Waals surface area (Å²) in [6.45, 7) is -1.48. The molecule has 2 unspecified atom stereocenters. The maximum Gasteiger partial charge on any atom is 0.0981 e. The van der Waals surface area contributed by atoms with Gasteiger partial charge in [-0.05, 0) is 12.0 Å². The molecule has 1 aliphatic carbocycles. The molecule has 3 atom stereocenters. The summed E-state index contributed by atoms with van der Waals surface area (Å²) in [6.07, 6.45) is 2.96. The Bertz CT molecular complexity index is 680. The molecule has 5 heteroatoms. The Kier molecular flexibility index (Phi) is 2.70. The maximum absolute atomic E-state index is 13.5. The van der Waals surface area contributed by atoms with Crippen molar-refractivity contribution in [1.29, 1.82) is 0 Å². The fourth-order valence-electron chi connectivity index (χ4n) is 4.03. The van der Waals surface area contributed by atoms with Crippen LogP contribution in [0.2, 0.25) is 0 Å². The maximum atomic E-state index is 13.5. The fourth-order valence-corrected chi connectivity index (χ4v) is 4.03. The third-order valence-corrected chi connectivity index (χ3v) is 5.13. The third-order valence-electron chi connectivity index (χ3n) is 5.13. The largest absolute Gasteiger partial charge is 0.393 e. The Hall–Kier alpha value is -1.75. The van der Waals surface area contributed by atoms with E-state index in [9.17, 15) is 13.9 Å². The molecule has 1 N–H and O–H groups in total. The lowest BCUT2D eigenvalue weighted by Gasteiger charge is -2.53. The van der Waals surface area contributed by atoms with Crippen molar-refractivity contribution in [3.05, 3.63) is 42.4 Å². The van der Waals surface area contributed by atoms with Gasteiger partial charge < -0.3 is 9.67 Å². The number of nitrogens with zero attached hydrogens (tertiary/aromatic N) is 2. The molecule has 0 spiro atoms. The molecule has 110 valence electrons. The minimum atomic E-state index is -1.07. The Morgan fingerprint density at radius 2 is 2.05 bits per heavy atom. The van der Waals surface area contributed by atoms with Crippen LogP contribution < -0.4 is 0 Å². The zero-order valence-corrected chi connectivity index (χ0v) is 11.4. The van der Waals surface area contributed by atoms with Crippen LogP contribution in [0, 0.1) is 11.3 Å². The molecular weight excluding hydrogens is 274 g/mol. The predicted molar refractivity (Wildman–Crippen MR) is 74.3 cm³/mol. The number of aliphatic hydroxyl groups is 1. The Labute approximate surface area is 121 Å². The number of hydrogen-bond acceptors (Lipinski definition) is 2. The van der Waals surface area contributed by atoms with Gasteiger partial charge in [-0.2, -0.15) is 0 Å². The second-order valence-corrected chi connectivity index (χ2v) is 6.15. The van der Waals surface area contributed by atoms with Gasteiger partial charge in [0.25, 0.3) is 0 Å². The van der Waals surface area contributed by atoms with E-state index in [2.05, 4.69) is 4.98 Å². The van der Waals surface area contributed by atoms with Crippen LogP contribution in [0.15, 0.2) is 36.8 Å². The summed E-state index contributed by atoms with van der Waals surface area (Å²) in [6, 6.07) is 7.57. The second-order valence-electron chi connectivity index (χ2n) is 6.15. The monoisotopic (exact) mass is 290 g/mol. The lowest BCUT2D eigenvalue weighted by Crippen LogP contribution is -2.57. The number of alkyl halides is 2. The Morgan fingerprint density at radius 3 is 2.76 bits per heavy atom. The van der Waals surface area contributed by atoms with Gasteiger partial charge in [0.05, 0.1) is 43.7 Å². The molecule has 1 aromatic carbocycles. The first-order valence-corrected chi connectivity index (χ1v) is 7.13. The molecular formula is C16H16F2N2O. The van der Waals surface area contributed by atoms with Crippen molar-refractivity contribution in [2.24, 2.45) is 11.3 Å². The van der Waals surface area contributed by atoms with Crippen molar-refractivity contribution in [3.8, 4) is 11.3 Å². The summed E-state index contributed by atoms with van der Waals surface area (Å²) in [5.74, 6) is -0.455. The van der Waals surface area contributed by atoms with Crippen LogP contribution in [-0.2, 0) is 0 Å². The number of hydrogen-bond donors (Lipinski definition) is 1. The lowest BCUT2D eigenvalue weighted by atomic mass is 9.56. The van der Waals surface area contributed by atoms with Gasteiger partial charge in [-0.3, -0.25) is 8.78 Å². The van der Waals surface area contributed by atoms with Gasteiger partial charge in [-0.15, -0.1) is 0 Å². The van der Waals surface area contributed by atoms with Crippen LogP contribution in [-0.4, -0.2) is 34.1 Å². The number of benzene rings is 1. The average molecular weight is 290 g/mol. The zero-order chi connectivity index (χ0) is 14.6. The number of halogens is 2. The van der Waals surface area contributed by atoms with E-state index in [1.807, 2.05) is 28.8 Å². The normalized spacial score (nSPS) is 28.8. The van der Waals surface area contributed by atoms with E-state index >= 15 is 0 Å². The third kappa shape index (κ3) is 1.52. The molecule has 2 aliphatic rings. The smallest absolute Gasteiger partial charge is 0.0981 e. The average Bonchev–Trinajstić information content (AvgIpc) is 3.08. The van der Waals surface area contributed by atoms with Gasteiger partial charge in [0.2, 0.25) is 0 Å². The van der Waals surface area contributed by atoms with Gasteiger partial charge in [0.1, 0.15) is 0 Å². The lowest BCUT2D eigenvalue weighted by molar-refractivity contribution is -0.143. The highest BCUT2D eigenvalue weighted by Gasteiger charge is 2.59. The van der Waals surface area contributed by atoms with Crippen molar-refractivity contribution >= 4 is 0 Å². The number of fused-ring (bicyclic) bond motifs is 3. The van der Waals surface area contributed by atoms with E-state index in [4.69, 9.17) is 0 Å². The number of aliphatic hydroxyl groups excluding tert-OH is 1. The van der Waals surface area contributed by atoms with E-state index < -0.39 is 30.8 Å². The first-order chi connectivity index (χ1) is 10.2. The van der Waals surface area contributed by atoms with Gasteiger partial charge in [-0.25, -0.2) is 4.98 Å². The number of imidazole rings is 1. The summed E-state index contributed by atoms with van der Waals surface area (Å²) in [5.41, 5.74) is 1.93. The van der Waals surface area contributed by atoms with Gasteiger partial charge in [0.15, 0.2) is 0 Å². The van der Waals surface area contributed by atoms with Gasteiger partial charge in [0, 0.05) is 16.9 Å². The van der Waals surface area contributed by atoms with Crippen LogP contribution >= 0.6 is 0 Å². The summed E-state index contributed by atoms with van der Waals surface area (Å²) in [5, 5.41) is 10.2. The summed E-state index contributed by atoms with van der Waals surface area (Å²) >= 11 is 0. The first-order valence-electron chi connectivity index (χ1n) is 7.13. The van der Waals surface area contributed by atoms with E-state index in [0.29, 0.717) is 0 Å². The SMILES string of the molecule is OC1CC(CF)(CF)C1[C@@H]1c2ccccc2-c2cncn21. The van der Waals surface area contributed by atoms with Crippen LogP contribution in [0.3, 0.4) is 0 Å². The molecule has 0 radical (unpaired) electrons. The molecule has 21 heavy (non-hydrogen) atoms. The molecule has 1 saturated carbocycles. The van der Waals surface area contributed by atoms with E-state index in [0.717, 1.165) is 16.8 Å². The van der Waals surface area contributed by atoms with E-state index in [1.165, 1.54) is 0 Å². The second kappa shape index (κ2) is 4.37. The predicted octanol–water partition coefficient (Wildman–Crippen LogP) is 2.76. The molecule has 3 nitrogen and oxygen atoms in total. The minimum Gasteiger partial charge on any atom is -0.393 e. The van der Waals surface area contributed by atoms with E-state index in [-0.39, 0.29) is 12.5 Å². The quantitative estimate of drug-likeness (QED) is 0.944. The molecule has 4 rings (SSSR count). The molecule has 0 bridgehead atoms.